The Labute approximate surface area is 84.1 Å². The predicted octanol–water partition coefficient (Wildman–Crippen LogP) is 0.888. The summed E-state index contributed by atoms with van der Waals surface area (Å²) in [5.41, 5.74) is 1.07. The van der Waals surface area contributed by atoms with Gasteiger partial charge in [0.25, 0.3) is 0 Å². The lowest BCUT2D eigenvalue weighted by molar-refractivity contribution is 0.390. The van der Waals surface area contributed by atoms with Gasteiger partial charge < -0.3 is 10.6 Å². The van der Waals surface area contributed by atoms with E-state index in [1.807, 2.05) is 6.07 Å². The highest BCUT2D eigenvalue weighted by Gasteiger charge is 2.11. The minimum absolute atomic E-state index is 0.796. The zero-order valence-corrected chi connectivity index (χ0v) is 8.24. The van der Waals surface area contributed by atoms with Gasteiger partial charge >= 0.3 is 0 Å². The summed E-state index contributed by atoms with van der Waals surface area (Å²) in [7, 11) is 0. The van der Waals surface area contributed by atoms with Crippen molar-refractivity contribution in [2.75, 3.05) is 25.0 Å². The van der Waals surface area contributed by atoms with E-state index >= 15 is 0 Å². The number of hydrogen-bond acceptors (Lipinski definition) is 4. The molecule has 0 unspecified atom stereocenters. The summed E-state index contributed by atoms with van der Waals surface area (Å²) >= 11 is 0. The first-order chi connectivity index (χ1) is 6.95. The number of aromatic nitrogens is 2. The molecule has 1 aliphatic heterocycles. The molecule has 2 N–H and O–H groups in total. The second kappa shape index (κ2) is 4.91. The van der Waals surface area contributed by atoms with E-state index in [2.05, 4.69) is 20.8 Å². The average Bonchev–Trinajstić information content (AvgIpc) is 2.29. The molecular formula is C10H16N4. The van der Waals surface area contributed by atoms with Crippen molar-refractivity contribution in [1.82, 2.24) is 15.5 Å². The van der Waals surface area contributed by atoms with Crippen LogP contribution in [0.5, 0.6) is 0 Å². The minimum atomic E-state index is 0.796. The highest BCUT2D eigenvalue weighted by Crippen LogP contribution is 2.12. The number of rotatable bonds is 3. The molecule has 4 heteroatoms. The molecule has 1 fully saturated rings. The van der Waals surface area contributed by atoms with Gasteiger partial charge in [0.15, 0.2) is 0 Å². The van der Waals surface area contributed by atoms with Crippen LogP contribution in [-0.2, 0) is 0 Å². The number of hydrogen-bond donors (Lipinski definition) is 2. The molecule has 0 spiro atoms. The van der Waals surface area contributed by atoms with Gasteiger partial charge in [-0.25, -0.2) is 0 Å². The van der Waals surface area contributed by atoms with E-state index < -0.39 is 0 Å². The van der Waals surface area contributed by atoms with Gasteiger partial charge in [0.05, 0.1) is 18.1 Å². The first kappa shape index (κ1) is 9.40. The number of piperidine rings is 1. The van der Waals surface area contributed by atoms with Crippen molar-refractivity contribution in [2.45, 2.75) is 12.8 Å². The molecule has 0 aromatic carbocycles. The van der Waals surface area contributed by atoms with Crippen LogP contribution in [0.3, 0.4) is 0 Å². The second-order valence-corrected chi connectivity index (χ2v) is 3.71. The van der Waals surface area contributed by atoms with Gasteiger partial charge in [-0.2, -0.15) is 10.2 Å². The second-order valence-electron chi connectivity index (χ2n) is 3.71. The van der Waals surface area contributed by atoms with Crippen LogP contribution < -0.4 is 10.6 Å². The summed E-state index contributed by atoms with van der Waals surface area (Å²) in [6, 6.07) is 1.95. The largest absolute Gasteiger partial charge is 0.383 e. The highest BCUT2D eigenvalue weighted by atomic mass is 15.1. The number of nitrogens with one attached hydrogen (secondary N) is 2. The Morgan fingerprint density at radius 3 is 2.93 bits per heavy atom. The Kier molecular flexibility index (Phi) is 3.29. The molecule has 1 aliphatic rings. The first-order valence-corrected chi connectivity index (χ1v) is 5.16. The van der Waals surface area contributed by atoms with Crippen LogP contribution in [-0.4, -0.2) is 29.8 Å². The molecule has 2 heterocycles. The monoisotopic (exact) mass is 192 g/mol. The fraction of sp³-hybridized carbons (Fsp3) is 0.600. The Morgan fingerprint density at radius 1 is 1.36 bits per heavy atom. The Balaban J connectivity index is 1.76. The lowest BCUT2D eigenvalue weighted by Crippen LogP contribution is -2.31. The van der Waals surface area contributed by atoms with Gasteiger partial charge in [-0.15, -0.1) is 0 Å². The molecular weight excluding hydrogens is 176 g/mol. The molecule has 2 rings (SSSR count). The van der Waals surface area contributed by atoms with Crippen molar-refractivity contribution in [3.63, 3.8) is 0 Å². The number of anilines is 1. The van der Waals surface area contributed by atoms with Crippen LogP contribution in [0.4, 0.5) is 5.69 Å². The van der Waals surface area contributed by atoms with Crippen LogP contribution in [0.1, 0.15) is 12.8 Å². The zero-order chi connectivity index (χ0) is 9.64. The van der Waals surface area contributed by atoms with Gasteiger partial charge in [0.1, 0.15) is 0 Å². The highest BCUT2D eigenvalue weighted by molar-refractivity contribution is 5.38. The van der Waals surface area contributed by atoms with Crippen molar-refractivity contribution < 1.29 is 0 Å². The lowest BCUT2D eigenvalue weighted by atomic mass is 9.98. The van der Waals surface area contributed by atoms with Gasteiger partial charge in [-0.05, 0) is 37.9 Å². The smallest absolute Gasteiger partial charge is 0.0727 e. The van der Waals surface area contributed by atoms with Crippen molar-refractivity contribution in [3.05, 3.63) is 18.5 Å². The summed E-state index contributed by atoms with van der Waals surface area (Å²) in [4.78, 5) is 0. The summed E-state index contributed by atoms with van der Waals surface area (Å²) in [5.74, 6) is 0.796. The first-order valence-electron chi connectivity index (χ1n) is 5.16. The van der Waals surface area contributed by atoms with E-state index in [-0.39, 0.29) is 0 Å². The van der Waals surface area contributed by atoms with E-state index in [0.717, 1.165) is 31.2 Å². The van der Waals surface area contributed by atoms with Crippen LogP contribution in [0.2, 0.25) is 0 Å². The third-order valence-corrected chi connectivity index (χ3v) is 2.64. The van der Waals surface area contributed by atoms with Crippen LogP contribution in [0.15, 0.2) is 18.5 Å². The molecule has 0 atom stereocenters. The molecule has 0 radical (unpaired) electrons. The maximum Gasteiger partial charge on any atom is 0.0727 e. The number of nitrogens with zero attached hydrogens (tertiary/aromatic N) is 2. The average molecular weight is 192 g/mol. The third kappa shape index (κ3) is 2.67. The fourth-order valence-corrected chi connectivity index (χ4v) is 1.74. The lowest BCUT2D eigenvalue weighted by Gasteiger charge is -2.22. The van der Waals surface area contributed by atoms with Crippen LogP contribution in [0.25, 0.3) is 0 Å². The van der Waals surface area contributed by atoms with Gasteiger partial charge in [0, 0.05) is 6.54 Å². The fourth-order valence-electron chi connectivity index (χ4n) is 1.74. The molecule has 14 heavy (non-hydrogen) atoms. The molecule has 0 aliphatic carbocycles. The molecule has 1 saturated heterocycles. The van der Waals surface area contributed by atoms with E-state index in [0.29, 0.717) is 0 Å². The van der Waals surface area contributed by atoms with Gasteiger partial charge in [-0.1, -0.05) is 0 Å². The van der Waals surface area contributed by atoms with E-state index in [4.69, 9.17) is 0 Å². The topological polar surface area (TPSA) is 49.8 Å². The maximum absolute atomic E-state index is 3.82. The van der Waals surface area contributed by atoms with E-state index in [9.17, 15) is 0 Å². The molecule has 0 bridgehead atoms. The van der Waals surface area contributed by atoms with Crippen molar-refractivity contribution >= 4 is 5.69 Å². The molecule has 4 nitrogen and oxygen atoms in total. The Hall–Kier alpha value is -1.16. The summed E-state index contributed by atoms with van der Waals surface area (Å²) in [5, 5.41) is 14.3. The third-order valence-electron chi connectivity index (χ3n) is 2.64. The standard InChI is InChI=1S/C10H16N4/c1-4-11-5-2-9(1)7-12-10-3-6-13-14-8-10/h3,6,8-9,11H,1-2,4-5,7H2,(H,12,13). The minimum Gasteiger partial charge on any atom is -0.383 e. The normalized spacial score (nSPS) is 18.0. The van der Waals surface area contributed by atoms with Crippen LogP contribution in [0, 0.1) is 5.92 Å². The molecule has 0 amide bonds. The van der Waals surface area contributed by atoms with Crippen LogP contribution >= 0.6 is 0 Å². The van der Waals surface area contributed by atoms with Crippen molar-refractivity contribution in [2.24, 2.45) is 5.92 Å². The Morgan fingerprint density at radius 2 is 2.21 bits per heavy atom. The van der Waals surface area contributed by atoms with Crippen molar-refractivity contribution in [1.29, 1.82) is 0 Å². The SMILES string of the molecule is c1cc(NCC2CCNCC2)cnn1. The van der Waals surface area contributed by atoms with E-state index in [1.165, 1.54) is 12.8 Å². The molecule has 1 aromatic rings. The van der Waals surface area contributed by atoms with E-state index in [1.54, 1.807) is 12.4 Å². The summed E-state index contributed by atoms with van der Waals surface area (Å²) < 4.78 is 0. The molecule has 0 saturated carbocycles. The molecule has 76 valence electrons. The van der Waals surface area contributed by atoms with Gasteiger partial charge in [0.2, 0.25) is 0 Å². The quantitative estimate of drug-likeness (QED) is 0.746. The van der Waals surface area contributed by atoms with Crippen molar-refractivity contribution in [3.8, 4) is 0 Å². The zero-order valence-electron chi connectivity index (χ0n) is 8.24. The maximum atomic E-state index is 3.82. The van der Waals surface area contributed by atoms with Gasteiger partial charge in [-0.3, -0.25) is 0 Å². The summed E-state index contributed by atoms with van der Waals surface area (Å²) in [6.07, 6.45) is 6.02. The predicted molar refractivity (Wildman–Crippen MR) is 56.1 cm³/mol. The Bertz CT molecular complexity index is 256. The molecule has 1 aromatic heterocycles. The summed E-state index contributed by atoms with van der Waals surface area (Å²) in [6.45, 7) is 3.36.